The van der Waals surface area contributed by atoms with Gasteiger partial charge >= 0.3 is 0 Å². The molecule has 1 amide bonds. The number of fused-ring (bicyclic) bond motifs is 1. The molecule has 0 unspecified atom stereocenters. The van der Waals surface area contributed by atoms with E-state index in [4.69, 9.17) is 11.6 Å². The number of aryl methyl sites for hydroxylation is 1. The largest absolute Gasteiger partial charge is 0.333 e. The molecule has 0 saturated heterocycles. The molecule has 4 nitrogen and oxygen atoms in total. The van der Waals surface area contributed by atoms with Crippen molar-refractivity contribution in [3.05, 3.63) is 75.8 Å². The Bertz CT molecular complexity index is 1090. The molecule has 1 N–H and O–H groups in total. The molecular weight excluding hydrogens is 366 g/mol. The number of aromatic nitrogens is 1. The molecule has 2 aromatic carbocycles. The number of para-hydroxylation sites is 1. The van der Waals surface area contributed by atoms with Gasteiger partial charge in [0.25, 0.3) is 5.91 Å². The van der Waals surface area contributed by atoms with Crippen LogP contribution in [0.15, 0.2) is 64.6 Å². The molecule has 0 aliphatic carbocycles. The molecule has 0 radical (unpaired) electrons. The van der Waals surface area contributed by atoms with Gasteiger partial charge in [0.15, 0.2) is 5.17 Å². The third kappa shape index (κ3) is 3.36. The summed E-state index contributed by atoms with van der Waals surface area (Å²) in [6.45, 7) is 2.02. The number of aliphatic imine (C=N–C) groups is 1. The second kappa shape index (κ2) is 6.94. The Kier molecular flexibility index (Phi) is 4.49. The number of carbonyl (C=O) groups is 1. The monoisotopic (exact) mass is 379 g/mol. The SMILES string of the molecule is Cc1cc(C=C2SC(Nc3ccccc3Cl)=NC2=O)cc2cccnc12. The first kappa shape index (κ1) is 16.8. The molecule has 0 atom stereocenters. The van der Waals surface area contributed by atoms with Gasteiger partial charge in [-0.2, -0.15) is 4.99 Å². The van der Waals surface area contributed by atoms with Crippen LogP contribution in [0, 0.1) is 6.92 Å². The topological polar surface area (TPSA) is 54.4 Å². The van der Waals surface area contributed by atoms with Crippen molar-refractivity contribution in [2.45, 2.75) is 6.92 Å². The summed E-state index contributed by atoms with van der Waals surface area (Å²) >= 11 is 7.45. The maximum Gasteiger partial charge on any atom is 0.286 e. The van der Waals surface area contributed by atoms with Crippen molar-refractivity contribution in [1.29, 1.82) is 0 Å². The number of amides is 1. The van der Waals surface area contributed by atoms with Crippen LogP contribution in [-0.4, -0.2) is 16.1 Å². The van der Waals surface area contributed by atoms with Gasteiger partial charge in [0.2, 0.25) is 0 Å². The molecule has 0 fully saturated rings. The van der Waals surface area contributed by atoms with Crippen LogP contribution >= 0.6 is 23.4 Å². The normalized spacial score (nSPS) is 15.5. The van der Waals surface area contributed by atoms with E-state index in [1.165, 1.54) is 11.8 Å². The molecule has 1 aliphatic heterocycles. The maximum absolute atomic E-state index is 12.3. The number of benzene rings is 2. The summed E-state index contributed by atoms with van der Waals surface area (Å²) in [6, 6.07) is 15.3. The van der Waals surface area contributed by atoms with Crippen molar-refractivity contribution >= 4 is 57.1 Å². The highest BCUT2D eigenvalue weighted by Gasteiger charge is 2.22. The first-order valence-corrected chi connectivity index (χ1v) is 9.19. The molecule has 3 aromatic rings. The molecule has 6 heteroatoms. The predicted octanol–water partition coefficient (Wildman–Crippen LogP) is 5.28. The van der Waals surface area contributed by atoms with E-state index in [1.54, 1.807) is 12.3 Å². The van der Waals surface area contributed by atoms with E-state index in [-0.39, 0.29) is 5.91 Å². The predicted molar refractivity (Wildman–Crippen MR) is 110 cm³/mol. The van der Waals surface area contributed by atoms with Crippen molar-refractivity contribution in [2.24, 2.45) is 4.99 Å². The lowest BCUT2D eigenvalue weighted by atomic mass is 10.1. The van der Waals surface area contributed by atoms with E-state index in [2.05, 4.69) is 15.3 Å². The van der Waals surface area contributed by atoms with Gasteiger partial charge in [-0.25, -0.2) is 0 Å². The summed E-state index contributed by atoms with van der Waals surface area (Å²) in [5.74, 6) is -0.256. The van der Waals surface area contributed by atoms with Crippen LogP contribution in [0.1, 0.15) is 11.1 Å². The highest BCUT2D eigenvalue weighted by molar-refractivity contribution is 8.18. The Morgan fingerprint density at radius 1 is 1.15 bits per heavy atom. The van der Waals surface area contributed by atoms with Crippen molar-refractivity contribution in [2.75, 3.05) is 5.32 Å². The average Bonchev–Trinajstić information content (AvgIpc) is 2.96. The van der Waals surface area contributed by atoms with Gasteiger partial charge in [-0.3, -0.25) is 9.78 Å². The average molecular weight is 380 g/mol. The minimum absolute atomic E-state index is 0.256. The molecule has 0 spiro atoms. The van der Waals surface area contributed by atoms with Gasteiger partial charge in [0.05, 0.1) is 21.1 Å². The van der Waals surface area contributed by atoms with E-state index in [9.17, 15) is 4.79 Å². The molecule has 1 aliphatic rings. The van der Waals surface area contributed by atoms with Gasteiger partial charge in [-0.05, 0) is 66.2 Å². The number of anilines is 1. The zero-order valence-corrected chi connectivity index (χ0v) is 15.4. The zero-order chi connectivity index (χ0) is 18.1. The van der Waals surface area contributed by atoms with Crippen LogP contribution in [0.3, 0.4) is 0 Å². The Morgan fingerprint density at radius 2 is 2.00 bits per heavy atom. The van der Waals surface area contributed by atoms with Crippen molar-refractivity contribution in [3.8, 4) is 0 Å². The summed E-state index contributed by atoms with van der Waals surface area (Å²) in [7, 11) is 0. The fourth-order valence-corrected chi connectivity index (χ4v) is 3.79. The van der Waals surface area contributed by atoms with Gasteiger partial charge in [0, 0.05) is 11.6 Å². The van der Waals surface area contributed by atoms with Gasteiger partial charge in [-0.1, -0.05) is 29.8 Å². The lowest BCUT2D eigenvalue weighted by molar-refractivity contribution is -0.113. The third-order valence-electron chi connectivity index (χ3n) is 3.95. The molecule has 26 heavy (non-hydrogen) atoms. The molecule has 128 valence electrons. The quantitative estimate of drug-likeness (QED) is 0.615. The second-order valence-electron chi connectivity index (χ2n) is 5.85. The lowest BCUT2D eigenvalue weighted by Crippen LogP contribution is -2.04. The Labute approximate surface area is 160 Å². The van der Waals surface area contributed by atoms with Crippen LogP contribution in [0.25, 0.3) is 17.0 Å². The number of halogens is 1. The van der Waals surface area contributed by atoms with Crippen LogP contribution in [0.2, 0.25) is 5.02 Å². The number of thioether (sulfide) groups is 1. The maximum atomic E-state index is 12.3. The van der Waals surface area contributed by atoms with E-state index >= 15 is 0 Å². The Hall–Kier alpha value is -2.63. The van der Waals surface area contributed by atoms with Crippen LogP contribution in [0.4, 0.5) is 5.69 Å². The molecule has 2 heterocycles. The van der Waals surface area contributed by atoms with Crippen molar-refractivity contribution < 1.29 is 4.79 Å². The molecule has 1 aromatic heterocycles. The van der Waals surface area contributed by atoms with E-state index in [0.29, 0.717) is 15.1 Å². The van der Waals surface area contributed by atoms with Crippen molar-refractivity contribution in [3.63, 3.8) is 0 Å². The minimum Gasteiger partial charge on any atom is -0.333 e. The standard InChI is InChI=1S/C20H14ClN3OS/c1-12-9-13(10-14-5-4-8-22-18(12)14)11-17-19(25)24-20(26-17)23-16-7-3-2-6-15(16)21/h2-11H,1H3,(H,23,24,25). The van der Waals surface area contributed by atoms with E-state index < -0.39 is 0 Å². The second-order valence-corrected chi connectivity index (χ2v) is 7.29. The number of carbonyl (C=O) groups excluding carboxylic acids is 1. The number of hydrogen-bond donors (Lipinski definition) is 1. The first-order valence-electron chi connectivity index (χ1n) is 8.00. The summed E-state index contributed by atoms with van der Waals surface area (Å²) in [5.41, 5.74) is 3.72. The van der Waals surface area contributed by atoms with E-state index in [0.717, 1.165) is 27.7 Å². The number of amidine groups is 1. The number of nitrogens with zero attached hydrogens (tertiary/aromatic N) is 2. The highest BCUT2D eigenvalue weighted by atomic mass is 35.5. The first-order chi connectivity index (χ1) is 12.6. The lowest BCUT2D eigenvalue weighted by Gasteiger charge is -2.06. The highest BCUT2D eigenvalue weighted by Crippen LogP contribution is 2.31. The number of pyridine rings is 1. The van der Waals surface area contributed by atoms with Gasteiger partial charge in [0.1, 0.15) is 0 Å². The smallest absolute Gasteiger partial charge is 0.286 e. The summed E-state index contributed by atoms with van der Waals surface area (Å²) in [5, 5.41) is 5.26. The van der Waals surface area contributed by atoms with Crippen molar-refractivity contribution in [1.82, 2.24) is 4.98 Å². The summed E-state index contributed by atoms with van der Waals surface area (Å²) in [4.78, 5) is 21.3. The molecule has 0 bridgehead atoms. The number of nitrogens with one attached hydrogen (secondary N) is 1. The molecule has 0 saturated carbocycles. The third-order valence-corrected chi connectivity index (χ3v) is 5.18. The Morgan fingerprint density at radius 3 is 2.85 bits per heavy atom. The van der Waals surface area contributed by atoms with Crippen LogP contribution in [-0.2, 0) is 4.79 Å². The fraction of sp³-hybridized carbons (Fsp3) is 0.0500. The van der Waals surface area contributed by atoms with Crippen LogP contribution < -0.4 is 5.32 Å². The fourth-order valence-electron chi connectivity index (χ4n) is 2.78. The summed E-state index contributed by atoms with van der Waals surface area (Å²) in [6.07, 6.45) is 3.64. The molecular formula is C20H14ClN3OS. The van der Waals surface area contributed by atoms with E-state index in [1.807, 2.05) is 55.5 Å². The zero-order valence-electron chi connectivity index (χ0n) is 13.9. The Balaban J connectivity index is 1.60. The number of hydrogen-bond acceptors (Lipinski definition) is 4. The van der Waals surface area contributed by atoms with Gasteiger partial charge in [-0.15, -0.1) is 0 Å². The number of rotatable bonds is 2. The van der Waals surface area contributed by atoms with Crippen LogP contribution in [0.5, 0.6) is 0 Å². The minimum atomic E-state index is -0.256. The molecule has 4 rings (SSSR count). The van der Waals surface area contributed by atoms with Gasteiger partial charge < -0.3 is 5.32 Å². The summed E-state index contributed by atoms with van der Waals surface area (Å²) < 4.78 is 0.